The molecule has 4 heterocycles. The van der Waals surface area contributed by atoms with E-state index in [0.717, 1.165) is 29.8 Å². The van der Waals surface area contributed by atoms with Crippen LogP contribution in [0.25, 0.3) is 33.7 Å². The number of hydrogen-bond acceptors (Lipinski definition) is 1. The normalized spacial score (nSPS) is 16.0. The zero-order valence-corrected chi connectivity index (χ0v) is 24.1. The van der Waals surface area contributed by atoms with E-state index < -0.39 is 0 Å². The molecule has 2 aliphatic heterocycles. The average molecular weight is 554 g/mol. The van der Waals surface area contributed by atoms with Crippen LogP contribution in [0.4, 0.5) is 11.4 Å². The molecular weight excluding hydrogens is 522 g/mol. The lowest BCUT2D eigenvalue weighted by Crippen LogP contribution is -2.40. The van der Waals surface area contributed by atoms with Crippen molar-refractivity contribution in [2.45, 2.75) is 25.9 Å². The number of aryl methyl sites for hydroxylation is 1. The maximum Gasteiger partial charge on any atom is 0.213 e. The molecule has 0 amide bonds. The first-order chi connectivity index (χ1) is 21.2. The van der Waals surface area contributed by atoms with E-state index in [-0.39, 0.29) is 0 Å². The summed E-state index contributed by atoms with van der Waals surface area (Å²) in [5.41, 5.74) is 14.6. The van der Waals surface area contributed by atoms with Crippen molar-refractivity contribution >= 4 is 22.5 Å². The van der Waals surface area contributed by atoms with Crippen molar-refractivity contribution in [2.75, 3.05) is 4.90 Å². The van der Waals surface area contributed by atoms with Gasteiger partial charge in [0.15, 0.2) is 18.9 Å². The molecule has 5 aromatic rings. The highest BCUT2D eigenvalue weighted by atomic mass is 15.2. The van der Waals surface area contributed by atoms with Crippen LogP contribution in [0.15, 0.2) is 139 Å². The summed E-state index contributed by atoms with van der Waals surface area (Å²) in [5.74, 6) is 2.91. The number of pyridine rings is 2. The minimum atomic E-state index is 0.315. The number of hydrogen-bond donors (Lipinski definition) is 0. The highest BCUT2D eigenvalue weighted by Crippen LogP contribution is 2.52. The molecule has 0 saturated heterocycles. The third-order valence-corrected chi connectivity index (χ3v) is 8.88. The zero-order chi connectivity index (χ0) is 28.9. The Balaban J connectivity index is 1.34. The van der Waals surface area contributed by atoms with Gasteiger partial charge in [0.1, 0.15) is 0 Å². The van der Waals surface area contributed by atoms with Gasteiger partial charge >= 0.3 is 0 Å². The second-order valence-corrected chi connectivity index (χ2v) is 11.3. The molecule has 8 rings (SSSR count). The molecule has 3 heteroatoms. The van der Waals surface area contributed by atoms with E-state index in [1.165, 1.54) is 50.6 Å². The van der Waals surface area contributed by atoms with Crippen molar-refractivity contribution in [3.8, 4) is 34.9 Å². The number of terminal acetylenes is 1. The van der Waals surface area contributed by atoms with E-state index in [1.807, 2.05) is 18.2 Å². The lowest BCUT2D eigenvalue weighted by Gasteiger charge is -2.32. The SMILES string of the molecule is C#CC(=CC=C(C)N(c1cccc2c1CC[n+]1ccccc1-2)c1cccc2c1C1=CC1[n+]1ccccc1-2)c1ccccc1. The van der Waals surface area contributed by atoms with Gasteiger partial charge in [0.2, 0.25) is 17.4 Å². The smallest absolute Gasteiger partial charge is 0.213 e. The van der Waals surface area contributed by atoms with E-state index in [0.29, 0.717) is 6.04 Å². The molecule has 0 radical (unpaired) electrons. The van der Waals surface area contributed by atoms with E-state index in [9.17, 15) is 0 Å². The molecule has 3 nitrogen and oxygen atoms in total. The lowest BCUT2D eigenvalue weighted by atomic mass is 9.92. The molecule has 43 heavy (non-hydrogen) atoms. The summed E-state index contributed by atoms with van der Waals surface area (Å²) in [6, 6.07) is 37.0. The number of allylic oxidation sites excluding steroid dienone is 6. The van der Waals surface area contributed by atoms with Gasteiger partial charge in [0, 0.05) is 53.1 Å². The fourth-order valence-corrected chi connectivity index (χ4v) is 6.82. The summed E-state index contributed by atoms with van der Waals surface area (Å²) in [5, 5.41) is 0. The van der Waals surface area contributed by atoms with Gasteiger partial charge in [-0.25, -0.2) is 0 Å². The fraction of sp³-hybridized carbons (Fsp3) is 0.100. The van der Waals surface area contributed by atoms with E-state index >= 15 is 0 Å². The highest BCUT2D eigenvalue weighted by molar-refractivity contribution is 5.98. The lowest BCUT2D eigenvalue weighted by molar-refractivity contribution is -0.687. The molecule has 2 aromatic heterocycles. The first kappa shape index (κ1) is 25.3. The summed E-state index contributed by atoms with van der Waals surface area (Å²) in [4.78, 5) is 2.46. The maximum absolute atomic E-state index is 6.01. The van der Waals surface area contributed by atoms with E-state index in [4.69, 9.17) is 6.42 Å². The molecule has 1 unspecified atom stereocenters. The van der Waals surface area contributed by atoms with Crippen LogP contribution in [0.1, 0.15) is 29.7 Å². The van der Waals surface area contributed by atoms with E-state index in [2.05, 4.69) is 142 Å². The molecule has 0 saturated carbocycles. The molecule has 0 spiro atoms. The zero-order valence-electron chi connectivity index (χ0n) is 24.1. The number of aromatic nitrogens is 2. The Morgan fingerprint density at radius 3 is 2.37 bits per heavy atom. The third-order valence-electron chi connectivity index (χ3n) is 8.88. The minimum Gasteiger partial charge on any atom is -0.314 e. The third kappa shape index (κ3) is 4.15. The minimum absolute atomic E-state index is 0.315. The summed E-state index contributed by atoms with van der Waals surface area (Å²) in [6.45, 7) is 3.15. The van der Waals surface area contributed by atoms with Crippen LogP contribution >= 0.6 is 0 Å². The van der Waals surface area contributed by atoms with Crippen LogP contribution in [0.2, 0.25) is 0 Å². The van der Waals surface area contributed by atoms with Crippen molar-refractivity contribution in [1.29, 1.82) is 0 Å². The number of anilines is 2. The van der Waals surface area contributed by atoms with Gasteiger partial charge in [-0.15, -0.1) is 6.42 Å². The molecule has 1 atom stereocenters. The number of benzene rings is 3. The standard InChI is InChI=1S/C40H31N3/c1-3-29(30-13-5-4-6-14-30)22-21-28(2)43(37-19-11-15-31-32(37)23-26-41-24-9-7-17-35(31)41)38-20-12-16-33-36-18-8-10-25-42(36)39-27-34(39)40(33)38/h1,4-22,24-25,27,39H,23,26H2,2H3/q+2. The molecule has 0 fully saturated rings. The molecule has 0 N–H and O–H groups in total. The first-order valence-electron chi connectivity index (χ1n) is 14.9. The van der Waals surface area contributed by atoms with Crippen LogP contribution in [0.3, 0.4) is 0 Å². The average Bonchev–Trinajstić information content (AvgIpc) is 3.87. The number of nitrogens with zero attached hydrogens (tertiary/aromatic N) is 3. The highest BCUT2D eigenvalue weighted by Gasteiger charge is 2.45. The van der Waals surface area contributed by atoms with Gasteiger partial charge in [-0.2, -0.15) is 9.13 Å². The molecule has 204 valence electrons. The second-order valence-electron chi connectivity index (χ2n) is 11.3. The van der Waals surface area contributed by atoms with Gasteiger partial charge in [-0.05, 0) is 72.7 Å². The first-order valence-corrected chi connectivity index (χ1v) is 14.9. The van der Waals surface area contributed by atoms with Crippen LogP contribution in [0, 0.1) is 12.3 Å². The molecular formula is C40H31N3+2. The van der Waals surface area contributed by atoms with Crippen LogP contribution in [0.5, 0.6) is 0 Å². The van der Waals surface area contributed by atoms with Crippen LogP contribution in [-0.2, 0) is 13.0 Å². The van der Waals surface area contributed by atoms with Crippen molar-refractivity contribution in [1.82, 2.24) is 0 Å². The number of fused-ring (bicyclic) bond motifs is 9. The predicted molar refractivity (Wildman–Crippen MR) is 174 cm³/mol. The van der Waals surface area contributed by atoms with Gasteiger partial charge in [0.25, 0.3) is 0 Å². The molecule has 3 aromatic carbocycles. The van der Waals surface area contributed by atoms with Crippen molar-refractivity contribution in [3.63, 3.8) is 0 Å². The Hall–Kier alpha value is -5.46. The van der Waals surface area contributed by atoms with Crippen LogP contribution in [-0.4, -0.2) is 0 Å². The quantitative estimate of drug-likeness (QED) is 0.122. The van der Waals surface area contributed by atoms with Gasteiger partial charge in [-0.1, -0.05) is 48.4 Å². The Labute approximate surface area is 253 Å². The van der Waals surface area contributed by atoms with E-state index in [1.54, 1.807) is 0 Å². The Bertz CT molecular complexity index is 2060. The van der Waals surface area contributed by atoms with Gasteiger partial charge < -0.3 is 4.90 Å². The largest absolute Gasteiger partial charge is 0.314 e. The summed E-state index contributed by atoms with van der Waals surface area (Å²) >= 11 is 0. The van der Waals surface area contributed by atoms with Gasteiger partial charge in [-0.3, -0.25) is 0 Å². The Kier molecular flexibility index (Phi) is 5.94. The molecule has 1 aliphatic carbocycles. The monoisotopic (exact) mass is 553 g/mol. The molecule has 3 aliphatic rings. The summed E-state index contributed by atoms with van der Waals surface area (Å²) in [6.07, 6.45) is 18.0. The van der Waals surface area contributed by atoms with Crippen LogP contribution < -0.4 is 14.0 Å². The molecule has 0 bridgehead atoms. The Morgan fingerprint density at radius 2 is 1.53 bits per heavy atom. The number of rotatable bonds is 5. The van der Waals surface area contributed by atoms with Crippen molar-refractivity contribution in [2.24, 2.45) is 0 Å². The Morgan fingerprint density at radius 1 is 0.791 bits per heavy atom. The fourth-order valence-electron chi connectivity index (χ4n) is 6.82. The summed E-state index contributed by atoms with van der Waals surface area (Å²) in [7, 11) is 0. The maximum atomic E-state index is 6.01. The van der Waals surface area contributed by atoms with Crippen molar-refractivity contribution < 1.29 is 9.13 Å². The summed E-state index contributed by atoms with van der Waals surface area (Å²) < 4.78 is 4.74. The predicted octanol–water partition coefficient (Wildman–Crippen LogP) is 7.86. The topological polar surface area (TPSA) is 11.0 Å². The second kappa shape index (κ2) is 10.1. The van der Waals surface area contributed by atoms with Crippen molar-refractivity contribution in [3.05, 3.63) is 156 Å². The van der Waals surface area contributed by atoms with Gasteiger partial charge in [0.05, 0.1) is 22.5 Å².